The smallest absolute Gasteiger partial charge is 0.264 e. The summed E-state index contributed by atoms with van der Waals surface area (Å²) in [5.74, 6) is 0. The third kappa shape index (κ3) is 3.01. The number of nitrogens with one attached hydrogen (secondary N) is 1. The lowest BCUT2D eigenvalue weighted by Crippen LogP contribution is -2.17. The van der Waals surface area contributed by atoms with Crippen molar-refractivity contribution < 1.29 is 8.42 Å². The molecule has 8 heteroatoms. The van der Waals surface area contributed by atoms with Crippen molar-refractivity contribution in [2.45, 2.75) is 39.0 Å². The topological polar surface area (TPSA) is 98.0 Å². The number of rotatable bonds is 4. The van der Waals surface area contributed by atoms with Crippen LogP contribution in [0, 0.1) is 20.8 Å². The molecule has 0 radical (unpaired) electrons. The van der Waals surface area contributed by atoms with Gasteiger partial charge in [0, 0.05) is 5.69 Å². The molecule has 6 nitrogen and oxygen atoms in total. The molecule has 0 aliphatic heterocycles. The third-order valence-corrected chi connectivity index (χ3v) is 5.96. The molecule has 1 heterocycles. The summed E-state index contributed by atoms with van der Waals surface area (Å²) in [7, 11) is -3.73. The van der Waals surface area contributed by atoms with E-state index in [-0.39, 0.29) is 10.0 Å². The predicted molar refractivity (Wildman–Crippen MR) is 85.2 cm³/mol. The van der Waals surface area contributed by atoms with Crippen molar-refractivity contribution in [3.8, 4) is 0 Å². The van der Waals surface area contributed by atoms with Gasteiger partial charge < -0.3 is 5.73 Å². The van der Waals surface area contributed by atoms with Crippen molar-refractivity contribution in [2.75, 3.05) is 10.5 Å². The number of aryl methyl sites for hydroxylation is 3. The van der Waals surface area contributed by atoms with Crippen LogP contribution in [-0.2, 0) is 16.4 Å². The molecule has 0 atom stereocenters. The van der Waals surface area contributed by atoms with E-state index in [1.54, 1.807) is 19.9 Å². The molecule has 0 saturated carbocycles. The average molecular weight is 326 g/mol. The Bertz CT molecular complexity index is 782. The van der Waals surface area contributed by atoms with Crippen LogP contribution in [0.15, 0.2) is 11.0 Å². The van der Waals surface area contributed by atoms with Crippen molar-refractivity contribution in [1.82, 2.24) is 10.2 Å². The number of hydrogen-bond donors (Lipinski definition) is 2. The Kier molecular flexibility index (Phi) is 4.20. The zero-order valence-corrected chi connectivity index (χ0v) is 14.0. The summed E-state index contributed by atoms with van der Waals surface area (Å²) < 4.78 is 27.6. The molecule has 0 unspecified atom stereocenters. The highest BCUT2D eigenvalue weighted by atomic mass is 32.2. The lowest BCUT2D eigenvalue weighted by molar-refractivity contribution is 0.600. The number of benzene rings is 1. The van der Waals surface area contributed by atoms with Gasteiger partial charge in [-0.15, -0.1) is 10.2 Å². The minimum absolute atomic E-state index is 0.207. The average Bonchev–Trinajstić information content (AvgIpc) is 2.82. The molecule has 21 heavy (non-hydrogen) atoms. The summed E-state index contributed by atoms with van der Waals surface area (Å²) >= 11 is 1.23. The van der Waals surface area contributed by atoms with E-state index in [1.807, 2.05) is 13.8 Å². The number of nitrogen functional groups attached to an aromatic ring is 1. The highest BCUT2D eigenvalue weighted by molar-refractivity contribution is 7.93. The molecule has 1 aromatic heterocycles. The van der Waals surface area contributed by atoms with E-state index >= 15 is 0 Å². The van der Waals surface area contributed by atoms with Crippen LogP contribution < -0.4 is 10.5 Å². The predicted octanol–water partition coefficient (Wildman–Crippen LogP) is 2.41. The number of hydrogen-bond acceptors (Lipinski definition) is 6. The molecule has 0 aliphatic carbocycles. The molecule has 114 valence electrons. The second-order valence-corrected chi connectivity index (χ2v) is 7.52. The van der Waals surface area contributed by atoms with Crippen LogP contribution in [0.25, 0.3) is 0 Å². The summed E-state index contributed by atoms with van der Waals surface area (Å²) in [6.07, 6.45) is 0.717. The lowest BCUT2D eigenvalue weighted by Gasteiger charge is -2.15. The number of anilines is 2. The van der Waals surface area contributed by atoms with Crippen LogP contribution in [0.4, 0.5) is 10.8 Å². The number of nitrogens with two attached hydrogens (primary N) is 1. The van der Waals surface area contributed by atoms with Crippen LogP contribution in [0.2, 0.25) is 0 Å². The molecular formula is C13H18N4O2S2. The fraction of sp³-hybridized carbons (Fsp3) is 0.385. The van der Waals surface area contributed by atoms with E-state index in [1.165, 1.54) is 11.3 Å². The van der Waals surface area contributed by atoms with Gasteiger partial charge in [0.2, 0.25) is 5.13 Å². The molecule has 3 N–H and O–H groups in total. The van der Waals surface area contributed by atoms with Gasteiger partial charge in [0.1, 0.15) is 5.01 Å². The van der Waals surface area contributed by atoms with E-state index < -0.39 is 10.0 Å². The first kappa shape index (κ1) is 15.7. The lowest BCUT2D eigenvalue weighted by atomic mass is 10.1. The molecular weight excluding hydrogens is 308 g/mol. The van der Waals surface area contributed by atoms with Gasteiger partial charge in [0.15, 0.2) is 0 Å². The van der Waals surface area contributed by atoms with Gasteiger partial charge in [0.05, 0.1) is 4.90 Å². The highest BCUT2D eigenvalue weighted by Gasteiger charge is 2.23. The molecule has 0 bridgehead atoms. The molecule has 0 fully saturated rings. The quantitative estimate of drug-likeness (QED) is 0.841. The Morgan fingerprint density at radius 2 is 1.90 bits per heavy atom. The van der Waals surface area contributed by atoms with E-state index in [0.717, 1.165) is 17.0 Å². The summed E-state index contributed by atoms with van der Waals surface area (Å²) in [5, 5.41) is 8.80. The maximum absolute atomic E-state index is 12.6. The summed E-state index contributed by atoms with van der Waals surface area (Å²) in [6.45, 7) is 7.26. The normalized spacial score (nSPS) is 11.6. The highest BCUT2D eigenvalue weighted by Crippen LogP contribution is 2.30. The Labute approximate surface area is 128 Å². The van der Waals surface area contributed by atoms with Gasteiger partial charge in [-0.1, -0.05) is 24.3 Å². The molecule has 2 aromatic rings. The van der Waals surface area contributed by atoms with Crippen molar-refractivity contribution in [1.29, 1.82) is 0 Å². The molecule has 1 aromatic carbocycles. The van der Waals surface area contributed by atoms with E-state index in [2.05, 4.69) is 14.9 Å². The van der Waals surface area contributed by atoms with Crippen molar-refractivity contribution in [3.63, 3.8) is 0 Å². The molecule has 0 spiro atoms. The van der Waals surface area contributed by atoms with Crippen LogP contribution in [-0.4, -0.2) is 18.6 Å². The van der Waals surface area contributed by atoms with Gasteiger partial charge >= 0.3 is 0 Å². The zero-order valence-electron chi connectivity index (χ0n) is 12.4. The van der Waals surface area contributed by atoms with E-state index in [4.69, 9.17) is 5.73 Å². The Morgan fingerprint density at radius 1 is 1.24 bits per heavy atom. The maximum Gasteiger partial charge on any atom is 0.264 e. The SMILES string of the molecule is CCc1nnc(NS(=O)(=O)c2c(C)cc(C)c(N)c2C)s1. The van der Waals surface area contributed by atoms with Crippen LogP contribution >= 0.6 is 11.3 Å². The van der Waals surface area contributed by atoms with Crippen LogP contribution in [0.3, 0.4) is 0 Å². The van der Waals surface area contributed by atoms with Gasteiger partial charge in [-0.05, 0) is 43.9 Å². The Balaban J connectivity index is 2.47. The summed E-state index contributed by atoms with van der Waals surface area (Å²) in [6, 6.07) is 1.77. The second kappa shape index (κ2) is 5.61. The molecule has 0 saturated heterocycles. The fourth-order valence-electron chi connectivity index (χ4n) is 2.20. The van der Waals surface area contributed by atoms with E-state index in [0.29, 0.717) is 16.8 Å². The Hall–Kier alpha value is -1.67. The first-order chi connectivity index (χ1) is 9.76. The second-order valence-electron chi connectivity index (χ2n) is 4.84. The zero-order chi connectivity index (χ0) is 15.8. The van der Waals surface area contributed by atoms with Gasteiger partial charge in [-0.3, -0.25) is 4.72 Å². The number of aromatic nitrogens is 2. The summed E-state index contributed by atoms with van der Waals surface area (Å²) in [5.41, 5.74) is 8.53. The first-order valence-corrected chi connectivity index (χ1v) is 8.77. The van der Waals surface area contributed by atoms with Gasteiger partial charge in [-0.2, -0.15) is 0 Å². The van der Waals surface area contributed by atoms with Gasteiger partial charge in [-0.25, -0.2) is 8.42 Å². The molecule has 2 rings (SSSR count). The maximum atomic E-state index is 12.6. The van der Waals surface area contributed by atoms with Crippen LogP contribution in [0.1, 0.15) is 28.6 Å². The van der Waals surface area contributed by atoms with E-state index in [9.17, 15) is 8.42 Å². The number of nitrogens with zero attached hydrogens (tertiary/aromatic N) is 2. The van der Waals surface area contributed by atoms with Crippen molar-refractivity contribution >= 4 is 32.2 Å². The molecule has 0 amide bonds. The minimum Gasteiger partial charge on any atom is -0.398 e. The fourth-order valence-corrected chi connectivity index (χ4v) is 4.59. The minimum atomic E-state index is -3.73. The van der Waals surface area contributed by atoms with Crippen LogP contribution in [0.5, 0.6) is 0 Å². The monoisotopic (exact) mass is 326 g/mol. The molecule has 0 aliphatic rings. The standard InChI is InChI=1S/C13H18N4O2S2/c1-5-10-15-16-13(20-10)17-21(18,19)12-8(3)6-7(2)11(14)9(12)4/h6H,5,14H2,1-4H3,(H,16,17). The summed E-state index contributed by atoms with van der Waals surface area (Å²) in [4.78, 5) is 0.207. The largest absolute Gasteiger partial charge is 0.398 e. The number of sulfonamides is 1. The Morgan fingerprint density at radius 3 is 2.48 bits per heavy atom. The third-order valence-electron chi connectivity index (χ3n) is 3.22. The van der Waals surface area contributed by atoms with Crippen molar-refractivity contribution in [2.24, 2.45) is 0 Å². The van der Waals surface area contributed by atoms with Gasteiger partial charge in [0.25, 0.3) is 10.0 Å². The van der Waals surface area contributed by atoms with Crippen molar-refractivity contribution in [3.05, 3.63) is 27.8 Å². The first-order valence-electron chi connectivity index (χ1n) is 6.47.